The maximum absolute atomic E-state index is 11.5. The molecule has 1 aliphatic heterocycles. The molecule has 3 rings (SSSR count). The van der Waals surface area contributed by atoms with Crippen LogP contribution < -0.4 is 10.6 Å². The van der Waals surface area contributed by atoms with Crippen LogP contribution in [0.15, 0.2) is 36.7 Å². The fourth-order valence-electron chi connectivity index (χ4n) is 3.01. The highest BCUT2D eigenvalue weighted by Crippen LogP contribution is 2.24. The molecule has 0 saturated heterocycles. The Labute approximate surface area is 130 Å². The van der Waals surface area contributed by atoms with Gasteiger partial charge in [-0.15, -0.1) is 0 Å². The van der Waals surface area contributed by atoms with Gasteiger partial charge in [-0.25, -0.2) is 4.98 Å². The van der Waals surface area contributed by atoms with E-state index in [9.17, 15) is 4.79 Å². The number of imidazole rings is 1. The Bertz CT molecular complexity index is 632. The lowest BCUT2D eigenvalue weighted by Gasteiger charge is -2.23. The summed E-state index contributed by atoms with van der Waals surface area (Å²) in [7, 11) is 1.64. The fourth-order valence-corrected chi connectivity index (χ4v) is 3.01. The summed E-state index contributed by atoms with van der Waals surface area (Å²) in [5.41, 5.74) is 1.88. The molecule has 1 aromatic carbocycles. The van der Waals surface area contributed by atoms with Crippen molar-refractivity contribution in [3.05, 3.63) is 53.6 Å². The molecule has 5 heteroatoms. The van der Waals surface area contributed by atoms with E-state index in [-0.39, 0.29) is 5.91 Å². The lowest BCUT2D eigenvalue weighted by atomic mass is 9.99. The SMILES string of the molecule is CNC(=O)c1ccc(CNC[C@H]2CCCn3ccnc32)cc1. The fraction of sp³-hybridized carbons (Fsp3) is 0.412. The quantitative estimate of drug-likeness (QED) is 0.886. The summed E-state index contributed by atoms with van der Waals surface area (Å²) in [5, 5.41) is 6.14. The number of rotatable bonds is 5. The van der Waals surface area contributed by atoms with Crippen molar-refractivity contribution in [1.82, 2.24) is 20.2 Å². The second-order valence-electron chi connectivity index (χ2n) is 5.72. The van der Waals surface area contributed by atoms with Gasteiger partial charge in [0, 0.05) is 50.6 Å². The highest BCUT2D eigenvalue weighted by Gasteiger charge is 2.20. The second kappa shape index (κ2) is 6.75. The normalized spacial score (nSPS) is 17.0. The number of hydrogen-bond donors (Lipinski definition) is 2. The zero-order chi connectivity index (χ0) is 15.4. The average molecular weight is 298 g/mol. The summed E-state index contributed by atoms with van der Waals surface area (Å²) >= 11 is 0. The molecule has 2 heterocycles. The molecule has 0 radical (unpaired) electrons. The van der Waals surface area contributed by atoms with Crippen LogP contribution in [-0.2, 0) is 13.1 Å². The Morgan fingerprint density at radius 3 is 2.95 bits per heavy atom. The number of hydrogen-bond acceptors (Lipinski definition) is 3. The predicted octanol–water partition coefficient (Wildman–Crippen LogP) is 1.91. The molecule has 0 spiro atoms. The van der Waals surface area contributed by atoms with Gasteiger partial charge >= 0.3 is 0 Å². The van der Waals surface area contributed by atoms with Crippen molar-refractivity contribution < 1.29 is 4.79 Å². The molecule has 2 aromatic rings. The second-order valence-corrected chi connectivity index (χ2v) is 5.72. The minimum Gasteiger partial charge on any atom is -0.355 e. The third-order valence-electron chi connectivity index (χ3n) is 4.23. The molecule has 0 saturated carbocycles. The first-order valence-corrected chi connectivity index (χ1v) is 7.80. The largest absolute Gasteiger partial charge is 0.355 e. The highest BCUT2D eigenvalue weighted by molar-refractivity contribution is 5.93. The topological polar surface area (TPSA) is 59.0 Å². The Morgan fingerprint density at radius 2 is 2.18 bits per heavy atom. The number of nitrogens with one attached hydrogen (secondary N) is 2. The number of amides is 1. The lowest BCUT2D eigenvalue weighted by Crippen LogP contribution is -2.26. The van der Waals surface area contributed by atoms with Crippen molar-refractivity contribution in [3.63, 3.8) is 0 Å². The van der Waals surface area contributed by atoms with Crippen molar-refractivity contribution in [2.75, 3.05) is 13.6 Å². The number of carbonyl (C=O) groups excluding carboxylic acids is 1. The van der Waals surface area contributed by atoms with Gasteiger partial charge in [-0.2, -0.15) is 0 Å². The van der Waals surface area contributed by atoms with Crippen LogP contribution in [0.4, 0.5) is 0 Å². The van der Waals surface area contributed by atoms with Crippen molar-refractivity contribution in [2.45, 2.75) is 31.8 Å². The molecule has 0 fully saturated rings. The van der Waals surface area contributed by atoms with Crippen molar-refractivity contribution in [2.24, 2.45) is 0 Å². The first-order valence-electron chi connectivity index (χ1n) is 7.80. The molecule has 2 N–H and O–H groups in total. The van der Waals surface area contributed by atoms with Crippen LogP contribution in [0.5, 0.6) is 0 Å². The maximum Gasteiger partial charge on any atom is 0.251 e. The summed E-state index contributed by atoms with van der Waals surface area (Å²) in [6.07, 6.45) is 6.38. The van der Waals surface area contributed by atoms with E-state index in [4.69, 9.17) is 0 Å². The number of aryl methyl sites for hydroxylation is 1. The van der Waals surface area contributed by atoms with Crippen molar-refractivity contribution >= 4 is 5.91 Å². The van der Waals surface area contributed by atoms with E-state index in [0.29, 0.717) is 11.5 Å². The van der Waals surface area contributed by atoms with Crippen LogP contribution in [0, 0.1) is 0 Å². The molecular weight excluding hydrogens is 276 g/mol. The van der Waals surface area contributed by atoms with E-state index >= 15 is 0 Å². The molecule has 1 amide bonds. The highest BCUT2D eigenvalue weighted by atomic mass is 16.1. The molecule has 0 bridgehead atoms. The zero-order valence-electron chi connectivity index (χ0n) is 12.9. The van der Waals surface area contributed by atoms with Gasteiger partial charge in [0.05, 0.1) is 0 Å². The number of benzene rings is 1. The number of carbonyl (C=O) groups is 1. The summed E-state index contributed by atoms with van der Waals surface area (Å²) < 4.78 is 2.26. The molecule has 22 heavy (non-hydrogen) atoms. The molecule has 116 valence electrons. The van der Waals surface area contributed by atoms with E-state index in [1.807, 2.05) is 30.5 Å². The first kappa shape index (κ1) is 14.8. The van der Waals surface area contributed by atoms with Gasteiger partial charge in [-0.3, -0.25) is 4.79 Å². The third-order valence-corrected chi connectivity index (χ3v) is 4.23. The van der Waals surface area contributed by atoms with E-state index in [1.165, 1.54) is 24.2 Å². The van der Waals surface area contributed by atoms with E-state index in [0.717, 1.165) is 19.6 Å². The van der Waals surface area contributed by atoms with Gasteiger partial charge in [0.2, 0.25) is 0 Å². The smallest absolute Gasteiger partial charge is 0.251 e. The Morgan fingerprint density at radius 1 is 1.36 bits per heavy atom. The van der Waals surface area contributed by atoms with E-state index in [1.54, 1.807) is 7.05 Å². The van der Waals surface area contributed by atoms with Crippen LogP contribution in [0.2, 0.25) is 0 Å². The minimum atomic E-state index is -0.0476. The zero-order valence-corrected chi connectivity index (χ0v) is 12.9. The third kappa shape index (κ3) is 3.20. The molecule has 1 atom stereocenters. The monoisotopic (exact) mass is 298 g/mol. The van der Waals surface area contributed by atoms with Gasteiger partial charge in [0.15, 0.2) is 0 Å². The summed E-state index contributed by atoms with van der Waals surface area (Å²) in [6.45, 7) is 2.84. The van der Waals surface area contributed by atoms with Crippen LogP contribution >= 0.6 is 0 Å². The maximum atomic E-state index is 11.5. The van der Waals surface area contributed by atoms with Gasteiger partial charge < -0.3 is 15.2 Å². The van der Waals surface area contributed by atoms with Crippen molar-refractivity contribution in [3.8, 4) is 0 Å². The minimum absolute atomic E-state index is 0.0476. The predicted molar refractivity (Wildman–Crippen MR) is 85.7 cm³/mol. The Kier molecular flexibility index (Phi) is 4.53. The Balaban J connectivity index is 1.53. The summed E-state index contributed by atoms with van der Waals surface area (Å²) in [4.78, 5) is 16.0. The van der Waals surface area contributed by atoms with Gasteiger partial charge in [0.1, 0.15) is 5.82 Å². The van der Waals surface area contributed by atoms with Gasteiger partial charge in [-0.05, 0) is 30.5 Å². The van der Waals surface area contributed by atoms with E-state index in [2.05, 4.69) is 26.4 Å². The van der Waals surface area contributed by atoms with Crippen LogP contribution in [0.25, 0.3) is 0 Å². The van der Waals surface area contributed by atoms with Crippen LogP contribution in [-0.4, -0.2) is 29.1 Å². The number of nitrogens with zero attached hydrogens (tertiary/aromatic N) is 2. The van der Waals surface area contributed by atoms with Gasteiger partial charge in [0.25, 0.3) is 5.91 Å². The van der Waals surface area contributed by atoms with Crippen molar-refractivity contribution in [1.29, 1.82) is 0 Å². The number of aromatic nitrogens is 2. The van der Waals surface area contributed by atoms with Crippen LogP contribution in [0.3, 0.4) is 0 Å². The molecule has 1 aliphatic rings. The molecular formula is C17H22N4O. The van der Waals surface area contributed by atoms with E-state index < -0.39 is 0 Å². The summed E-state index contributed by atoms with van der Waals surface area (Å²) in [6, 6.07) is 7.73. The first-order chi connectivity index (χ1) is 10.8. The average Bonchev–Trinajstić information content (AvgIpc) is 3.04. The van der Waals surface area contributed by atoms with Crippen LogP contribution in [0.1, 0.15) is 40.5 Å². The van der Waals surface area contributed by atoms with Gasteiger partial charge in [-0.1, -0.05) is 12.1 Å². The lowest BCUT2D eigenvalue weighted by molar-refractivity contribution is 0.0963. The molecule has 5 nitrogen and oxygen atoms in total. The molecule has 0 unspecified atom stereocenters. The standard InChI is InChI=1S/C17H22N4O/c1-18-17(22)14-6-4-13(5-7-14)11-19-12-15-3-2-9-21-10-8-20-16(15)21/h4-8,10,15,19H,2-3,9,11-12H2,1H3,(H,18,22)/t15-/m1/s1. The Hall–Kier alpha value is -2.14. The number of fused-ring (bicyclic) bond motifs is 1. The molecule has 0 aliphatic carbocycles. The summed E-state index contributed by atoms with van der Waals surface area (Å²) in [5.74, 6) is 1.65. The molecule has 1 aromatic heterocycles.